The van der Waals surface area contributed by atoms with Crippen LogP contribution in [-0.4, -0.2) is 34.5 Å². The van der Waals surface area contributed by atoms with Gasteiger partial charge in [-0.2, -0.15) is 0 Å². The number of esters is 1. The monoisotopic (exact) mass is 401 g/mol. The summed E-state index contributed by atoms with van der Waals surface area (Å²) in [6.45, 7) is 4.50. The zero-order chi connectivity index (χ0) is 19.9. The SMILES string of the molecule is CCOC(=O)c1csc(CN(C(=O)Nc2ccc(C)cc2)C2CCCCC2)n1. The van der Waals surface area contributed by atoms with Gasteiger partial charge in [0.1, 0.15) is 5.01 Å². The molecule has 0 bridgehead atoms. The smallest absolute Gasteiger partial charge is 0.357 e. The molecule has 1 heterocycles. The number of anilines is 1. The summed E-state index contributed by atoms with van der Waals surface area (Å²) in [5, 5.41) is 5.45. The Hall–Kier alpha value is -2.41. The van der Waals surface area contributed by atoms with Crippen molar-refractivity contribution in [1.82, 2.24) is 9.88 Å². The van der Waals surface area contributed by atoms with Gasteiger partial charge in [0, 0.05) is 17.1 Å². The van der Waals surface area contributed by atoms with Crippen LogP contribution >= 0.6 is 11.3 Å². The van der Waals surface area contributed by atoms with E-state index in [1.807, 2.05) is 36.1 Å². The van der Waals surface area contributed by atoms with Gasteiger partial charge in [0.25, 0.3) is 0 Å². The molecule has 150 valence electrons. The number of nitrogens with zero attached hydrogens (tertiary/aromatic N) is 2. The number of aromatic nitrogens is 1. The molecule has 1 aliphatic carbocycles. The van der Waals surface area contributed by atoms with Crippen LogP contribution in [0.1, 0.15) is 60.1 Å². The van der Waals surface area contributed by atoms with Gasteiger partial charge in [0.2, 0.25) is 0 Å². The lowest BCUT2D eigenvalue weighted by Crippen LogP contribution is -2.43. The van der Waals surface area contributed by atoms with E-state index in [9.17, 15) is 9.59 Å². The van der Waals surface area contributed by atoms with Crippen molar-refractivity contribution in [1.29, 1.82) is 0 Å². The fourth-order valence-corrected chi connectivity index (χ4v) is 4.18. The lowest BCUT2D eigenvalue weighted by Gasteiger charge is -2.33. The minimum Gasteiger partial charge on any atom is -0.461 e. The van der Waals surface area contributed by atoms with Gasteiger partial charge in [-0.05, 0) is 38.8 Å². The van der Waals surface area contributed by atoms with Crippen molar-refractivity contribution in [3.8, 4) is 0 Å². The Balaban J connectivity index is 1.74. The molecule has 7 heteroatoms. The fourth-order valence-electron chi connectivity index (χ4n) is 3.42. The zero-order valence-electron chi connectivity index (χ0n) is 16.4. The normalized spacial score (nSPS) is 14.5. The average molecular weight is 402 g/mol. The van der Waals surface area contributed by atoms with Crippen molar-refractivity contribution < 1.29 is 14.3 Å². The number of hydrogen-bond donors (Lipinski definition) is 1. The Morgan fingerprint density at radius 3 is 2.61 bits per heavy atom. The number of amides is 2. The molecule has 1 N–H and O–H groups in total. The van der Waals surface area contributed by atoms with E-state index in [1.165, 1.54) is 17.8 Å². The Morgan fingerprint density at radius 1 is 1.21 bits per heavy atom. The van der Waals surface area contributed by atoms with Crippen molar-refractivity contribution in [2.24, 2.45) is 0 Å². The van der Waals surface area contributed by atoms with Crippen LogP contribution in [0, 0.1) is 6.92 Å². The summed E-state index contributed by atoms with van der Waals surface area (Å²) >= 11 is 1.39. The maximum absolute atomic E-state index is 13.0. The van der Waals surface area contributed by atoms with Crippen molar-refractivity contribution in [3.63, 3.8) is 0 Å². The van der Waals surface area contributed by atoms with E-state index in [1.54, 1.807) is 12.3 Å². The van der Waals surface area contributed by atoms with E-state index in [0.29, 0.717) is 18.8 Å². The summed E-state index contributed by atoms with van der Waals surface area (Å²) in [6, 6.07) is 7.85. The summed E-state index contributed by atoms with van der Waals surface area (Å²) in [7, 11) is 0. The van der Waals surface area contributed by atoms with E-state index in [2.05, 4.69) is 10.3 Å². The molecular weight excluding hydrogens is 374 g/mol. The molecule has 0 unspecified atom stereocenters. The van der Waals surface area contributed by atoms with Crippen LogP contribution in [0.4, 0.5) is 10.5 Å². The Labute approximate surface area is 169 Å². The van der Waals surface area contributed by atoms with Gasteiger partial charge in [-0.1, -0.05) is 37.0 Å². The molecule has 1 aliphatic rings. The summed E-state index contributed by atoms with van der Waals surface area (Å²) in [4.78, 5) is 31.2. The molecule has 2 aromatic rings. The molecule has 28 heavy (non-hydrogen) atoms. The van der Waals surface area contributed by atoms with E-state index < -0.39 is 5.97 Å². The summed E-state index contributed by atoms with van der Waals surface area (Å²) in [5.41, 5.74) is 2.24. The molecular formula is C21H27N3O3S. The largest absolute Gasteiger partial charge is 0.461 e. The van der Waals surface area contributed by atoms with Crippen LogP contribution < -0.4 is 5.32 Å². The number of rotatable bonds is 6. The van der Waals surface area contributed by atoms with Crippen molar-refractivity contribution in [2.45, 2.75) is 58.5 Å². The topological polar surface area (TPSA) is 71.5 Å². The number of carbonyl (C=O) groups excluding carboxylic acids is 2. The number of ether oxygens (including phenoxy) is 1. The first-order valence-electron chi connectivity index (χ1n) is 9.82. The predicted octanol–water partition coefficient (Wildman–Crippen LogP) is 5.00. The molecule has 0 radical (unpaired) electrons. The maximum atomic E-state index is 13.0. The number of benzene rings is 1. The van der Waals surface area contributed by atoms with E-state index in [0.717, 1.165) is 41.9 Å². The van der Waals surface area contributed by atoms with Crippen molar-refractivity contribution >= 4 is 29.0 Å². The molecule has 0 atom stereocenters. The second-order valence-electron chi connectivity index (χ2n) is 7.06. The van der Waals surface area contributed by atoms with Gasteiger partial charge >= 0.3 is 12.0 Å². The Kier molecular flexibility index (Phi) is 7.03. The standard InChI is InChI=1S/C21H27N3O3S/c1-3-27-20(25)18-14-28-19(23-18)13-24(17-7-5-4-6-8-17)21(26)22-16-11-9-15(2)10-12-16/h9-12,14,17H,3-8,13H2,1-2H3,(H,22,26). The van der Waals surface area contributed by atoms with Crippen LogP contribution in [-0.2, 0) is 11.3 Å². The molecule has 0 saturated heterocycles. The highest BCUT2D eigenvalue weighted by Crippen LogP contribution is 2.26. The first-order chi connectivity index (χ1) is 13.6. The molecule has 1 aromatic heterocycles. The third kappa shape index (κ3) is 5.32. The third-order valence-corrected chi connectivity index (χ3v) is 5.75. The molecule has 2 amide bonds. The first-order valence-corrected chi connectivity index (χ1v) is 10.7. The van der Waals surface area contributed by atoms with Crippen LogP contribution in [0.3, 0.4) is 0 Å². The lowest BCUT2D eigenvalue weighted by molar-refractivity contribution is 0.0520. The Morgan fingerprint density at radius 2 is 1.93 bits per heavy atom. The van der Waals surface area contributed by atoms with Gasteiger partial charge in [0.05, 0.1) is 13.2 Å². The van der Waals surface area contributed by atoms with Crippen molar-refractivity contribution in [2.75, 3.05) is 11.9 Å². The minimum absolute atomic E-state index is 0.122. The van der Waals surface area contributed by atoms with E-state index >= 15 is 0 Å². The lowest BCUT2D eigenvalue weighted by atomic mass is 9.94. The number of hydrogen-bond acceptors (Lipinski definition) is 5. The highest BCUT2D eigenvalue weighted by molar-refractivity contribution is 7.09. The third-order valence-electron chi connectivity index (χ3n) is 4.92. The summed E-state index contributed by atoms with van der Waals surface area (Å²) < 4.78 is 5.01. The quantitative estimate of drug-likeness (QED) is 0.692. The second-order valence-corrected chi connectivity index (χ2v) is 8.01. The number of aryl methyl sites for hydroxylation is 1. The molecule has 1 fully saturated rings. The number of carbonyl (C=O) groups is 2. The molecule has 6 nitrogen and oxygen atoms in total. The van der Waals surface area contributed by atoms with Gasteiger partial charge in [-0.3, -0.25) is 0 Å². The highest BCUT2D eigenvalue weighted by Gasteiger charge is 2.27. The van der Waals surface area contributed by atoms with Gasteiger partial charge < -0.3 is 15.0 Å². The minimum atomic E-state index is -0.418. The van der Waals surface area contributed by atoms with Crippen molar-refractivity contribution in [3.05, 3.63) is 45.9 Å². The van der Waals surface area contributed by atoms with Gasteiger partial charge in [-0.25, -0.2) is 14.6 Å². The maximum Gasteiger partial charge on any atom is 0.357 e. The molecule has 1 saturated carbocycles. The van der Waals surface area contributed by atoms with Gasteiger partial charge in [-0.15, -0.1) is 11.3 Å². The van der Waals surface area contributed by atoms with Gasteiger partial charge in [0.15, 0.2) is 5.69 Å². The van der Waals surface area contributed by atoms with Crippen LogP contribution in [0.25, 0.3) is 0 Å². The van der Waals surface area contributed by atoms with E-state index in [4.69, 9.17) is 4.74 Å². The van der Waals surface area contributed by atoms with Crippen LogP contribution in [0.2, 0.25) is 0 Å². The van der Waals surface area contributed by atoms with Crippen LogP contribution in [0.15, 0.2) is 29.6 Å². The average Bonchev–Trinajstić information content (AvgIpc) is 3.17. The number of urea groups is 1. The Bertz CT molecular complexity index is 797. The first kappa shape index (κ1) is 20.3. The van der Waals surface area contributed by atoms with Crippen LogP contribution in [0.5, 0.6) is 0 Å². The molecule has 1 aromatic carbocycles. The fraction of sp³-hybridized carbons (Fsp3) is 0.476. The predicted molar refractivity (Wildman–Crippen MR) is 111 cm³/mol. The molecule has 0 spiro atoms. The molecule has 3 rings (SSSR count). The molecule has 0 aliphatic heterocycles. The zero-order valence-corrected chi connectivity index (χ0v) is 17.3. The highest BCUT2D eigenvalue weighted by atomic mass is 32.1. The summed E-state index contributed by atoms with van der Waals surface area (Å²) in [5.74, 6) is -0.418. The number of nitrogens with one attached hydrogen (secondary N) is 1. The number of thiazole rings is 1. The summed E-state index contributed by atoms with van der Waals surface area (Å²) in [6.07, 6.45) is 5.47. The van der Waals surface area contributed by atoms with E-state index in [-0.39, 0.29) is 12.1 Å². The second kappa shape index (κ2) is 9.68.